The molecule has 14 heteroatoms. The van der Waals surface area contributed by atoms with Crippen LogP contribution in [0.4, 0.5) is 25.1 Å². The van der Waals surface area contributed by atoms with Crippen LogP contribution in [0.25, 0.3) is 11.5 Å². The fourth-order valence-electron chi connectivity index (χ4n) is 4.05. The number of pyridine rings is 1. The highest BCUT2D eigenvalue weighted by Gasteiger charge is 2.46. The lowest BCUT2D eigenvalue weighted by molar-refractivity contribution is 0.102. The van der Waals surface area contributed by atoms with E-state index in [0.717, 1.165) is 16.8 Å². The van der Waals surface area contributed by atoms with Gasteiger partial charge in [0.25, 0.3) is 0 Å². The highest BCUT2D eigenvalue weighted by Crippen LogP contribution is 2.44. The molecule has 3 amide bonds. The van der Waals surface area contributed by atoms with Gasteiger partial charge in [-0.3, -0.25) is 5.32 Å². The van der Waals surface area contributed by atoms with Crippen LogP contribution >= 0.6 is 11.3 Å². The standard InChI is InChI=1S/C19H19FN8O4S/c1-21-16(29)25-17-23-12-5-10-7-27(19(30)31-2)8-13(14(12)33-17)28(10)18-24-15(26-32-18)11-4-3-9(20)6-22-11/h3-4,6,10,13H,5,7-8H2,1-2H3,(H2,21,23,25,29). The summed E-state index contributed by atoms with van der Waals surface area (Å²) in [6, 6.07) is 2.09. The molecule has 2 aliphatic rings. The second-order valence-electron chi connectivity index (χ2n) is 7.45. The third-order valence-corrected chi connectivity index (χ3v) is 6.60. The van der Waals surface area contributed by atoms with Crippen molar-refractivity contribution in [3.05, 3.63) is 34.7 Å². The summed E-state index contributed by atoms with van der Waals surface area (Å²) in [5, 5.41) is 9.66. The first kappa shape index (κ1) is 21.1. The van der Waals surface area contributed by atoms with Gasteiger partial charge in [0.05, 0.1) is 36.0 Å². The molecule has 2 aliphatic heterocycles. The molecule has 5 rings (SSSR count). The minimum Gasteiger partial charge on any atom is -0.453 e. The maximum absolute atomic E-state index is 13.2. The molecule has 2 unspecified atom stereocenters. The number of nitrogens with one attached hydrogen (secondary N) is 2. The number of amides is 3. The molecule has 12 nitrogen and oxygen atoms in total. The highest BCUT2D eigenvalue weighted by molar-refractivity contribution is 7.16. The number of nitrogens with zero attached hydrogens (tertiary/aromatic N) is 6. The van der Waals surface area contributed by atoms with Crippen LogP contribution in [-0.4, -0.2) is 70.4 Å². The smallest absolute Gasteiger partial charge is 0.409 e. The van der Waals surface area contributed by atoms with Crippen LogP contribution in [0.5, 0.6) is 0 Å². The van der Waals surface area contributed by atoms with Crippen LogP contribution in [0.1, 0.15) is 16.6 Å². The van der Waals surface area contributed by atoms with Crippen LogP contribution in [0, 0.1) is 5.82 Å². The Kier molecular flexibility index (Phi) is 5.28. The van der Waals surface area contributed by atoms with Crippen LogP contribution in [0.3, 0.4) is 0 Å². The first-order valence-corrected chi connectivity index (χ1v) is 10.8. The molecule has 0 saturated carbocycles. The summed E-state index contributed by atoms with van der Waals surface area (Å²) in [5.41, 5.74) is 1.22. The average molecular weight is 474 g/mol. The number of methoxy groups -OCH3 is 1. The Balaban J connectivity index is 1.50. The zero-order chi connectivity index (χ0) is 23.1. The van der Waals surface area contributed by atoms with Crippen molar-refractivity contribution in [1.82, 2.24) is 30.3 Å². The third kappa shape index (κ3) is 3.82. The number of fused-ring (bicyclic) bond motifs is 4. The number of carbonyl (C=O) groups excluding carboxylic acids is 2. The zero-order valence-corrected chi connectivity index (χ0v) is 18.4. The summed E-state index contributed by atoms with van der Waals surface area (Å²) in [4.78, 5) is 41.5. The number of rotatable bonds is 3. The van der Waals surface area contributed by atoms with Crippen molar-refractivity contribution >= 4 is 34.6 Å². The number of hydrogen-bond donors (Lipinski definition) is 2. The lowest BCUT2D eigenvalue weighted by Crippen LogP contribution is -2.59. The van der Waals surface area contributed by atoms with Gasteiger partial charge in [-0.25, -0.2) is 23.9 Å². The van der Waals surface area contributed by atoms with E-state index in [-0.39, 0.29) is 30.0 Å². The van der Waals surface area contributed by atoms with E-state index in [1.807, 2.05) is 4.90 Å². The Hall–Kier alpha value is -3.81. The molecule has 1 saturated heterocycles. The van der Waals surface area contributed by atoms with Gasteiger partial charge >= 0.3 is 18.1 Å². The normalized spacial score (nSPS) is 19.1. The molecule has 2 atom stereocenters. The summed E-state index contributed by atoms with van der Waals surface area (Å²) < 4.78 is 23.7. The van der Waals surface area contributed by atoms with Gasteiger partial charge in [-0.2, -0.15) is 4.98 Å². The van der Waals surface area contributed by atoms with E-state index in [4.69, 9.17) is 9.26 Å². The minimum atomic E-state index is -0.463. The molecule has 0 aliphatic carbocycles. The van der Waals surface area contributed by atoms with Gasteiger partial charge in [-0.05, 0) is 12.1 Å². The van der Waals surface area contributed by atoms with E-state index in [1.165, 1.54) is 37.6 Å². The molecule has 3 aromatic heterocycles. The summed E-state index contributed by atoms with van der Waals surface area (Å²) in [6.07, 6.45) is 1.15. The number of carbonyl (C=O) groups is 2. The number of halogens is 1. The predicted octanol–water partition coefficient (Wildman–Crippen LogP) is 2.03. The second-order valence-corrected chi connectivity index (χ2v) is 8.48. The summed E-state index contributed by atoms with van der Waals surface area (Å²) in [7, 11) is 2.86. The summed E-state index contributed by atoms with van der Waals surface area (Å²) in [5.74, 6) is -0.236. The van der Waals surface area contributed by atoms with E-state index >= 15 is 0 Å². The predicted molar refractivity (Wildman–Crippen MR) is 114 cm³/mol. The number of aromatic nitrogens is 4. The van der Waals surface area contributed by atoms with Gasteiger partial charge in [0, 0.05) is 26.6 Å². The van der Waals surface area contributed by atoms with Gasteiger partial charge < -0.3 is 24.4 Å². The van der Waals surface area contributed by atoms with Crippen molar-refractivity contribution < 1.29 is 23.2 Å². The molecule has 172 valence electrons. The average Bonchev–Trinajstić information content (AvgIpc) is 3.45. The molecule has 2 N–H and O–H groups in total. The van der Waals surface area contributed by atoms with Gasteiger partial charge in [-0.1, -0.05) is 16.5 Å². The molecule has 0 radical (unpaired) electrons. The Morgan fingerprint density at radius 2 is 2.15 bits per heavy atom. The maximum Gasteiger partial charge on any atom is 0.409 e. The number of thiazole rings is 1. The first-order chi connectivity index (χ1) is 16.0. The van der Waals surface area contributed by atoms with E-state index in [9.17, 15) is 14.0 Å². The van der Waals surface area contributed by atoms with Gasteiger partial charge in [0.1, 0.15) is 11.5 Å². The molecule has 0 aromatic carbocycles. The first-order valence-electron chi connectivity index (χ1n) is 10.0. The quantitative estimate of drug-likeness (QED) is 0.584. The molecule has 0 spiro atoms. The van der Waals surface area contributed by atoms with E-state index < -0.39 is 11.9 Å². The Morgan fingerprint density at radius 3 is 2.88 bits per heavy atom. The zero-order valence-electron chi connectivity index (χ0n) is 17.6. The monoisotopic (exact) mass is 474 g/mol. The molecular formula is C19H19FN8O4S. The molecule has 5 heterocycles. The fourth-order valence-corrected chi connectivity index (χ4v) is 5.13. The molecule has 2 bridgehead atoms. The Bertz CT molecular complexity index is 1200. The van der Waals surface area contributed by atoms with Crippen LogP contribution < -0.4 is 15.5 Å². The Labute approximate surface area is 190 Å². The summed E-state index contributed by atoms with van der Waals surface area (Å²) in [6.45, 7) is 0.676. The number of anilines is 2. The topological polar surface area (TPSA) is 139 Å². The molecule has 1 fully saturated rings. The van der Waals surface area contributed by atoms with Crippen molar-refractivity contribution in [1.29, 1.82) is 0 Å². The van der Waals surface area contributed by atoms with Crippen LogP contribution in [0.2, 0.25) is 0 Å². The number of piperazine rings is 1. The SMILES string of the molecule is CNC(=O)Nc1nc2c(s1)C1CN(C(=O)OC)CC(C2)N1c1nc(-c2ccc(F)cn2)no1. The van der Waals surface area contributed by atoms with Crippen molar-refractivity contribution in [2.45, 2.75) is 18.5 Å². The van der Waals surface area contributed by atoms with Crippen molar-refractivity contribution in [2.24, 2.45) is 0 Å². The second kappa shape index (κ2) is 8.27. The number of hydrogen-bond acceptors (Lipinski definition) is 10. The lowest BCUT2D eigenvalue weighted by Gasteiger charge is -2.47. The van der Waals surface area contributed by atoms with Gasteiger partial charge in [-0.15, -0.1) is 0 Å². The van der Waals surface area contributed by atoms with Crippen LogP contribution in [-0.2, 0) is 11.2 Å². The largest absolute Gasteiger partial charge is 0.453 e. The van der Waals surface area contributed by atoms with Crippen molar-refractivity contribution in [2.75, 3.05) is 37.5 Å². The highest BCUT2D eigenvalue weighted by atomic mass is 32.1. The summed E-state index contributed by atoms with van der Waals surface area (Å²) >= 11 is 1.32. The lowest BCUT2D eigenvalue weighted by atomic mass is 9.94. The van der Waals surface area contributed by atoms with Gasteiger partial charge in [0.2, 0.25) is 5.82 Å². The van der Waals surface area contributed by atoms with E-state index in [0.29, 0.717) is 30.3 Å². The third-order valence-electron chi connectivity index (χ3n) is 5.49. The van der Waals surface area contributed by atoms with Crippen molar-refractivity contribution in [3.63, 3.8) is 0 Å². The Morgan fingerprint density at radius 1 is 1.30 bits per heavy atom. The molecule has 3 aromatic rings. The number of ether oxygens (including phenoxy) is 1. The fraction of sp³-hybridized carbons (Fsp3) is 0.368. The van der Waals surface area contributed by atoms with Gasteiger partial charge in [0.15, 0.2) is 5.13 Å². The molecule has 33 heavy (non-hydrogen) atoms. The number of urea groups is 1. The van der Waals surface area contributed by atoms with Crippen molar-refractivity contribution in [3.8, 4) is 11.5 Å². The van der Waals surface area contributed by atoms with Crippen LogP contribution in [0.15, 0.2) is 22.9 Å². The molecular weight excluding hydrogens is 455 g/mol. The maximum atomic E-state index is 13.2. The minimum absolute atomic E-state index is 0.209. The van der Waals surface area contributed by atoms with E-state index in [1.54, 1.807) is 4.90 Å². The van der Waals surface area contributed by atoms with E-state index in [2.05, 4.69) is 30.7 Å².